The van der Waals surface area contributed by atoms with E-state index in [0.29, 0.717) is 0 Å². The van der Waals surface area contributed by atoms with E-state index in [9.17, 15) is 13.0 Å². The molecule has 1 atom stereocenters. The molecule has 0 saturated carbocycles. The number of hydrogen-bond donors (Lipinski definition) is 0. The van der Waals surface area contributed by atoms with Crippen molar-refractivity contribution >= 4 is 27.1 Å². The van der Waals surface area contributed by atoms with Crippen molar-refractivity contribution in [3.63, 3.8) is 0 Å². The number of hydrogen-bond acceptors (Lipinski definition) is 5. The zero-order chi connectivity index (χ0) is 37.7. The van der Waals surface area contributed by atoms with Crippen LogP contribution in [0.2, 0.25) is 0 Å². The minimum absolute atomic E-state index is 0.178. The van der Waals surface area contributed by atoms with Gasteiger partial charge in [-0.05, 0) is 106 Å². The first-order valence-electron chi connectivity index (χ1n) is 18.2. The summed E-state index contributed by atoms with van der Waals surface area (Å²) in [6.45, 7) is 20.9. The molecule has 4 aromatic rings. The van der Waals surface area contributed by atoms with Crippen molar-refractivity contribution in [2.75, 3.05) is 36.0 Å². The first-order chi connectivity index (χ1) is 25.0. The van der Waals surface area contributed by atoms with Crippen LogP contribution in [0.3, 0.4) is 0 Å². The monoisotopic (exact) mass is 713 g/mol. The molecule has 0 N–H and O–H groups in total. The first kappa shape index (κ1) is 39.9. The van der Waals surface area contributed by atoms with Gasteiger partial charge in [-0.25, -0.2) is 8.42 Å². The van der Waals surface area contributed by atoms with Crippen LogP contribution in [0.25, 0.3) is 5.57 Å². The van der Waals surface area contributed by atoms with Crippen LogP contribution in [0.5, 0.6) is 0 Å². The Bertz CT molecular complexity index is 1890. The van der Waals surface area contributed by atoms with E-state index in [2.05, 4.69) is 166 Å². The highest BCUT2D eigenvalue weighted by Gasteiger charge is 2.18. The Balaban J connectivity index is 0.000000470. The van der Waals surface area contributed by atoms with Gasteiger partial charge in [0.1, 0.15) is 10.1 Å². The van der Waals surface area contributed by atoms with E-state index in [1.165, 1.54) is 51.3 Å². The molecule has 0 fully saturated rings. The van der Waals surface area contributed by atoms with Gasteiger partial charge in [0, 0.05) is 49.4 Å². The van der Waals surface area contributed by atoms with Crippen molar-refractivity contribution in [3.05, 3.63) is 180 Å². The summed E-state index contributed by atoms with van der Waals surface area (Å²) in [5.41, 5.74) is 10.8. The average molecular weight is 714 g/mol. The highest BCUT2D eigenvalue weighted by Crippen LogP contribution is 2.33. The molecule has 0 aliphatic heterocycles. The van der Waals surface area contributed by atoms with Gasteiger partial charge in [-0.2, -0.15) is 0 Å². The van der Waals surface area contributed by atoms with Crippen molar-refractivity contribution in [1.29, 1.82) is 0 Å². The summed E-state index contributed by atoms with van der Waals surface area (Å²) in [6.07, 6.45) is 15.7. The van der Waals surface area contributed by atoms with Crippen molar-refractivity contribution in [2.45, 2.75) is 52.4 Å². The summed E-state index contributed by atoms with van der Waals surface area (Å²) in [5, 5.41) is 0. The van der Waals surface area contributed by atoms with Crippen LogP contribution in [0.15, 0.2) is 157 Å². The summed E-state index contributed by atoms with van der Waals surface area (Å²) in [6, 6.07) is 32.8. The average Bonchev–Trinajstić information content (AvgIpc) is 3.15. The van der Waals surface area contributed by atoms with E-state index in [1.807, 2.05) is 6.92 Å². The van der Waals surface area contributed by atoms with Gasteiger partial charge in [-0.15, -0.1) is 0 Å². The molecule has 1 aliphatic rings. The smallest absolute Gasteiger partial charge is 0.124 e. The third-order valence-electron chi connectivity index (χ3n) is 9.45. The van der Waals surface area contributed by atoms with Gasteiger partial charge in [0.25, 0.3) is 0 Å². The van der Waals surface area contributed by atoms with Crippen molar-refractivity contribution < 1.29 is 13.0 Å². The largest absolute Gasteiger partial charge is 0.744 e. The van der Waals surface area contributed by atoms with E-state index in [-0.39, 0.29) is 16.7 Å². The molecule has 4 aromatic carbocycles. The molecule has 5 nitrogen and oxygen atoms in total. The minimum Gasteiger partial charge on any atom is -0.744 e. The fourth-order valence-electron chi connectivity index (χ4n) is 6.30. The van der Waals surface area contributed by atoms with Gasteiger partial charge >= 0.3 is 0 Å². The molecular formula is C46H53N2O3S-. The van der Waals surface area contributed by atoms with Gasteiger partial charge in [0.05, 0.1) is 4.90 Å². The van der Waals surface area contributed by atoms with Gasteiger partial charge in [-0.3, -0.25) is 0 Å². The molecule has 1 aliphatic carbocycles. The zero-order valence-corrected chi connectivity index (χ0v) is 32.3. The third kappa shape index (κ3) is 11.0. The molecule has 1 unspecified atom stereocenters. The van der Waals surface area contributed by atoms with Crippen molar-refractivity contribution in [2.24, 2.45) is 5.92 Å². The van der Waals surface area contributed by atoms with Crippen molar-refractivity contribution in [3.8, 4) is 0 Å². The highest BCUT2D eigenvalue weighted by molar-refractivity contribution is 7.85. The lowest BCUT2D eigenvalue weighted by atomic mass is 9.82. The molecule has 0 bridgehead atoms. The summed E-state index contributed by atoms with van der Waals surface area (Å²) >= 11 is 0. The van der Waals surface area contributed by atoms with Crippen LogP contribution in [-0.4, -0.2) is 39.1 Å². The Morgan fingerprint density at radius 2 is 1.12 bits per heavy atom. The van der Waals surface area contributed by atoms with Crippen LogP contribution in [-0.2, 0) is 10.1 Å². The maximum absolute atomic E-state index is 10.4. The highest BCUT2D eigenvalue weighted by atomic mass is 32.2. The number of aryl methyl sites for hydroxylation is 2. The molecule has 5 rings (SSSR count). The van der Waals surface area contributed by atoms with E-state index in [0.717, 1.165) is 37.3 Å². The van der Waals surface area contributed by atoms with E-state index in [4.69, 9.17) is 0 Å². The summed E-state index contributed by atoms with van der Waals surface area (Å²) < 4.78 is 31.2. The number of allylic oxidation sites excluding steroid dienone is 8. The molecule has 0 amide bonds. The molecule has 0 spiro atoms. The third-order valence-corrected chi connectivity index (χ3v) is 10.3. The zero-order valence-electron chi connectivity index (χ0n) is 31.5. The number of benzene rings is 4. The van der Waals surface area contributed by atoms with E-state index >= 15 is 0 Å². The second-order valence-corrected chi connectivity index (χ2v) is 14.4. The fraction of sp³-hybridized carbons (Fsp3) is 0.261. The van der Waals surface area contributed by atoms with Gasteiger partial charge in [0.2, 0.25) is 0 Å². The van der Waals surface area contributed by atoms with E-state index in [1.54, 1.807) is 12.1 Å². The molecular weight excluding hydrogens is 661 g/mol. The Labute approximate surface area is 312 Å². The molecule has 0 heterocycles. The van der Waals surface area contributed by atoms with Crippen molar-refractivity contribution in [1.82, 2.24) is 0 Å². The molecule has 52 heavy (non-hydrogen) atoms. The van der Waals surface area contributed by atoms with Crippen LogP contribution in [0.1, 0.15) is 61.4 Å². The summed E-state index contributed by atoms with van der Waals surface area (Å²) in [4.78, 5) is 4.60. The van der Waals surface area contributed by atoms with Crippen LogP contribution >= 0.6 is 0 Å². The lowest BCUT2D eigenvalue weighted by molar-refractivity contribution is 0.463. The van der Waals surface area contributed by atoms with Crippen LogP contribution in [0.4, 0.5) is 11.4 Å². The number of nitrogens with zero attached hydrogens (tertiary/aromatic N) is 2. The second kappa shape index (κ2) is 19.1. The minimum atomic E-state index is -4.27. The maximum atomic E-state index is 10.4. The van der Waals surface area contributed by atoms with Gasteiger partial charge in [-0.1, -0.05) is 121 Å². The Morgan fingerprint density at radius 3 is 1.52 bits per heavy atom. The lowest BCUT2D eigenvalue weighted by Gasteiger charge is -2.22. The lowest BCUT2D eigenvalue weighted by Crippen LogP contribution is -2.21. The van der Waals surface area contributed by atoms with Gasteiger partial charge < -0.3 is 14.4 Å². The second-order valence-electron chi connectivity index (χ2n) is 13.0. The Morgan fingerprint density at radius 1 is 0.692 bits per heavy atom. The molecule has 0 saturated heterocycles. The number of rotatable bonds is 13. The normalized spacial score (nSPS) is 13.4. The SMILES string of the molecule is C=C1C=CC(C(C=CC=C(c2ccc(N(CC)CC)cc2)c2ccc(N(CC)CC)cc2)c2ccc(C)cc2)C=C1.Cc1ccc(S(=O)(=O)[O-])cc1. The van der Waals surface area contributed by atoms with Crippen LogP contribution in [0, 0.1) is 19.8 Å². The van der Waals surface area contributed by atoms with Crippen LogP contribution < -0.4 is 9.80 Å². The molecule has 0 aromatic heterocycles. The maximum Gasteiger partial charge on any atom is 0.124 e. The fourth-order valence-corrected chi connectivity index (χ4v) is 6.76. The summed E-state index contributed by atoms with van der Waals surface area (Å²) in [5.74, 6) is 0.529. The quantitative estimate of drug-likeness (QED) is 0.102. The van der Waals surface area contributed by atoms with E-state index < -0.39 is 10.1 Å². The Kier molecular flexibility index (Phi) is 14.6. The first-order valence-corrected chi connectivity index (χ1v) is 19.6. The molecule has 6 heteroatoms. The number of anilines is 2. The molecule has 272 valence electrons. The molecule has 0 radical (unpaired) electrons. The standard InChI is InChI=1S/C39H46N2.C7H8O3S/c1-7-40(8-2)36-26-22-34(23-27-36)39(35-24-28-37(29-25-35)41(9-3)10-4)13-11-12-38(32-18-14-30(5)15-19-32)33-20-16-31(6)17-21-33;1-6-2-4-7(5-3-6)11(8,9)10/h11-29,32,38H,5,7-10H2,1-4,6H3;2-5H,1H3,(H,8,9,10)/p-1. The Hall–Kier alpha value is -4.91. The van der Waals surface area contributed by atoms with Gasteiger partial charge in [0.15, 0.2) is 0 Å². The summed E-state index contributed by atoms with van der Waals surface area (Å²) in [7, 11) is -4.27. The predicted molar refractivity (Wildman–Crippen MR) is 220 cm³/mol. The predicted octanol–water partition coefficient (Wildman–Crippen LogP) is 10.7. The topological polar surface area (TPSA) is 63.7 Å².